The second-order valence-electron chi connectivity index (χ2n) is 6.52. The molecule has 1 N–H and O–H groups in total. The van der Waals surface area contributed by atoms with Crippen molar-refractivity contribution in [2.75, 3.05) is 18.0 Å². The number of aromatic amines is 1. The van der Waals surface area contributed by atoms with Crippen molar-refractivity contribution in [1.82, 2.24) is 20.2 Å². The van der Waals surface area contributed by atoms with E-state index >= 15 is 0 Å². The predicted octanol–water partition coefficient (Wildman–Crippen LogP) is 3.55. The van der Waals surface area contributed by atoms with Crippen molar-refractivity contribution in [3.05, 3.63) is 30.3 Å². The van der Waals surface area contributed by atoms with Crippen LogP contribution < -0.4 is 9.64 Å². The zero-order valence-corrected chi connectivity index (χ0v) is 14.3. The van der Waals surface area contributed by atoms with Crippen molar-refractivity contribution in [2.24, 2.45) is 0 Å². The second-order valence-corrected chi connectivity index (χ2v) is 6.52. The molecule has 130 valence electrons. The van der Waals surface area contributed by atoms with Gasteiger partial charge in [-0.05, 0) is 32.8 Å². The molecule has 0 amide bonds. The van der Waals surface area contributed by atoms with Crippen LogP contribution in [0.4, 0.5) is 10.2 Å². The number of hydrogen-bond acceptors (Lipinski definition) is 5. The number of aromatic nitrogens is 4. The highest BCUT2D eigenvalue weighted by Crippen LogP contribution is 2.32. The van der Waals surface area contributed by atoms with Crippen LogP contribution in [0.2, 0.25) is 0 Å². The van der Waals surface area contributed by atoms with Gasteiger partial charge >= 0.3 is 0 Å². The van der Waals surface area contributed by atoms with Crippen LogP contribution in [0.3, 0.4) is 0 Å². The van der Waals surface area contributed by atoms with Gasteiger partial charge in [-0.1, -0.05) is 0 Å². The summed E-state index contributed by atoms with van der Waals surface area (Å²) in [5.41, 5.74) is 2.00. The second kappa shape index (κ2) is 6.31. The number of fused-ring (bicyclic) bond motifs is 1. The summed E-state index contributed by atoms with van der Waals surface area (Å²) in [4.78, 5) is 11.0. The molecular weight excluding hydrogens is 321 g/mol. The first-order chi connectivity index (χ1) is 12.1. The molecule has 7 heteroatoms. The Morgan fingerprint density at radius 3 is 2.72 bits per heavy atom. The average Bonchev–Trinajstić information content (AvgIpc) is 3.24. The van der Waals surface area contributed by atoms with Gasteiger partial charge in [0, 0.05) is 30.6 Å². The van der Waals surface area contributed by atoms with E-state index < -0.39 is 5.82 Å². The molecule has 1 fully saturated rings. The maximum absolute atomic E-state index is 14.2. The molecule has 0 bridgehead atoms. The van der Waals surface area contributed by atoms with Crippen LogP contribution in [0.1, 0.15) is 26.7 Å². The van der Waals surface area contributed by atoms with Crippen LogP contribution in [0.15, 0.2) is 24.5 Å². The fourth-order valence-corrected chi connectivity index (χ4v) is 3.15. The number of benzene rings is 1. The van der Waals surface area contributed by atoms with Crippen LogP contribution in [0.5, 0.6) is 5.75 Å². The van der Waals surface area contributed by atoms with Crippen molar-refractivity contribution in [2.45, 2.75) is 32.8 Å². The van der Waals surface area contributed by atoms with E-state index in [4.69, 9.17) is 4.74 Å². The number of anilines is 1. The van der Waals surface area contributed by atoms with E-state index in [2.05, 4.69) is 25.1 Å². The molecule has 1 aliphatic heterocycles. The molecule has 1 aliphatic rings. The van der Waals surface area contributed by atoms with Gasteiger partial charge in [0.2, 0.25) is 0 Å². The summed E-state index contributed by atoms with van der Waals surface area (Å²) < 4.78 is 19.7. The van der Waals surface area contributed by atoms with Gasteiger partial charge < -0.3 is 9.64 Å². The lowest BCUT2D eigenvalue weighted by Crippen LogP contribution is -2.19. The maximum Gasteiger partial charge on any atom is 0.167 e. The van der Waals surface area contributed by atoms with Crippen molar-refractivity contribution >= 4 is 16.7 Å². The summed E-state index contributed by atoms with van der Waals surface area (Å²) in [6.45, 7) is 5.75. The first-order valence-electron chi connectivity index (χ1n) is 8.53. The van der Waals surface area contributed by atoms with Gasteiger partial charge in [0.1, 0.15) is 17.8 Å². The summed E-state index contributed by atoms with van der Waals surface area (Å²) in [6.07, 6.45) is 3.81. The molecule has 4 rings (SSSR count). The van der Waals surface area contributed by atoms with Crippen LogP contribution in [-0.2, 0) is 0 Å². The molecule has 0 atom stereocenters. The van der Waals surface area contributed by atoms with Crippen molar-refractivity contribution in [3.8, 4) is 17.1 Å². The monoisotopic (exact) mass is 341 g/mol. The SMILES string of the molecule is CC(C)Oc1cc2c(-c3cc(N4CCCC4)ncn3)n[nH]c2cc1F. The number of H-pyrrole nitrogens is 1. The van der Waals surface area contributed by atoms with Gasteiger partial charge in [-0.15, -0.1) is 0 Å². The molecule has 0 saturated carbocycles. The molecule has 1 aromatic carbocycles. The van der Waals surface area contributed by atoms with E-state index in [1.165, 1.54) is 18.9 Å². The maximum atomic E-state index is 14.2. The van der Waals surface area contributed by atoms with Gasteiger partial charge in [-0.2, -0.15) is 5.10 Å². The quantitative estimate of drug-likeness (QED) is 0.786. The zero-order valence-electron chi connectivity index (χ0n) is 14.3. The van der Waals surface area contributed by atoms with Crippen LogP contribution in [-0.4, -0.2) is 39.4 Å². The summed E-state index contributed by atoms with van der Waals surface area (Å²) >= 11 is 0. The molecule has 1 saturated heterocycles. The standard InChI is InChI=1S/C18H20FN5O/c1-11(2)25-16-7-12-14(8-13(16)19)22-23-18(12)15-9-17(21-10-20-15)24-5-3-4-6-24/h7-11H,3-6H2,1-2H3,(H,22,23). The number of halogens is 1. The molecule has 25 heavy (non-hydrogen) atoms. The Bertz CT molecular complexity index is 902. The van der Waals surface area contributed by atoms with Gasteiger partial charge in [-0.3, -0.25) is 5.10 Å². The highest BCUT2D eigenvalue weighted by Gasteiger charge is 2.18. The molecule has 3 heterocycles. The summed E-state index contributed by atoms with van der Waals surface area (Å²) in [6, 6.07) is 5.03. The zero-order chi connectivity index (χ0) is 17.4. The highest BCUT2D eigenvalue weighted by molar-refractivity contribution is 5.93. The lowest BCUT2D eigenvalue weighted by molar-refractivity contribution is 0.231. The average molecular weight is 341 g/mol. The number of nitrogens with one attached hydrogen (secondary N) is 1. The number of nitrogens with zero attached hydrogens (tertiary/aromatic N) is 4. The molecule has 3 aromatic rings. The summed E-state index contributed by atoms with van der Waals surface area (Å²) in [5.74, 6) is 0.718. The molecular formula is C18H20FN5O. The van der Waals surface area contributed by atoms with Crippen LogP contribution in [0.25, 0.3) is 22.3 Å². The Morgan fingerprint density at radius 2 is 1.96 bits per heavy atom. The van der Waals surface area contributed by atoms with E-state index in [9.17, 15) is 4.39 Å². The van der Waals surface area contributed by atoms with Gasteiger partial charge in [0.05, 0.1) is 17.3 Å². The largest absolute Gasteiger partial charge is 0.488 e. The predicted molar refractivity (Wildman–Crippen MR) is 94.3 cm³/mol. The summed E-state index contributed by atoms with van der Waals surface area (Å²) in [5, 5.41) is 8.00. The van der Waals surface area contributed by atoms with Crippen molar-refractivity contribution in [3.63, 3.8) is 0 Å². The van der Waals surface area contributed by atoms with Gasteiger partial charge in [0.15, 0.2) is 11.6 Å². The number of hydrogen-bond donors (Lipinski definition) is 1. The van der Waals surface area contributed by atoms with E-state index in [0.717, 1.165) is 24.3 Å². The third kappa shape index (κ3) is 3.01. The third-order valence-electron chi connectivity index (χ3n) is 4.30. The molecule has 0 spiro atoms. The molecule has 0 radical (unpaired) electrons. The fraction of sp³-hybridized carbons (Fsp3) is 0.389. The Balaban J connectivity index is 1.77. The van der Waals surface area contributed by atoms with Gasteiger partial charge in [-0.25, -0.2) is 14.4 Å². The van der Waals surface area contributed by atoms with E-state index in [-0.39, 0.29) is 11.9 Å². The Kier molecular flexibility index (Phi) is 3.99. The molecule has 0 unspecified atom stereocenters. The molecule has 2 aromatic heterocycles. The lowest BCUT2D eigenvalue weighted by Gasteiger charge is -2.16. The fourth-order valence-electron chi connectivity index (χ4n) is 3.15. The van der Waals surface area contributed by atoms with E-state index in [0.29, 0.717) is 16.9 Å². The summed E-state index contributed by atoms with van der Waals surface area (Å²) in [7, 11) is 0. The minimum Gasteiger partial charge on any atom is -0.488 e. The Morgan fingerprint density at radius 1 is 1.16 bits per heavy atom. The molecule has 6 nitrogen and oxygen atoms in total. The lowest BCUT2D eigenvalue weighted by atomic mass is 10.1. The minimum absolute atomic E-state index is 0.108. The van der Waals surface area contributed by atoms with Gasteiger partial charge in [0.25, 0.3) is 0 Å². The topological polar surface area (TPSA) is 66.9 Å². The minimum atomic E-state index is -0.406. The number of rotatable bonds is 4. The Labute approximate surface area is 145 Å². The Hall–Kier alpha value is -2.70. The van der Waals surface area contributed by atoms with Crippen LogP contribution in [0, 0.1) is 5.82 Å². The van der Waals surface area contributed by atoms with E-state index in [1.807, 2.05) is 19.9 Å². The number of ether oxygens (including phenoxy) is 1. The van der Waals surface area contributed by atoms with Crippen LogP contribution >= 0.6 is 0 Å². The highest BCUT2D eigenvalue weighted by atomic mass is 19.1. The molecule has 0 aliphatic carbocycles. The first kappa shape index (κ1) is 15.8. The van der Waals surface area contributed by atoms with Crippen molar-refractivity contribution < 1.29 is 9.13 Å². The smallest absolute Gasteiger partial charge is 0.167 e. The first-order valence-corrected chi connectivity index (χ1v) is 8.53. The van der Waals surface area contributed by atoms with Crippen molar-refractivity contribution in [1.29, 1.82) is 0 Å². The normalized spacial score (nSPS) is 14.6. The third-order valence-corrected chi connectivity index (χ3v) is 4.30. The van der Waals surface area contributed by atoms with E-state index in [1.54, 1.807) is 12.4 Å².